The lowest BCUT2D eigenvalue weighted by Crippen LogP contribution is -2.39. The van der Waals surface area contributed by atoms with Crippen LogP contribution in [0.4, 0.5) is 18.0 Å². The second kappa shape index (κ2) is 5.22. The van der Waals surface area contributed by atoms with Crippen molar-refractivity contribution in [2.75, 3.05) is 6.61 Å². The van der Waals surface area contributed by atoms with E-state index in [4.69, 9.17) is 0 Å². The third-order valence-electron chi connectivity index (χ3n) is 0.866. The average Bonchev–Trinajstić information content (AvgIpc) is 2.00. The Kier molecular flexibility index (Phi) is 4.63. The van der Waals surface area contributed by atoms with Gasteiger partial charge in [-0.25, -0.2) is 18.0 Å². The molecule has 8 heteroatoms. The Morgan fingerprint density at radius 2 is 1.92 bits per heavy atom. The summed E-state index contributed by atoms with van der Waals surface area (Å²) in [7, 11) is 0. The molecule has 0 fully saturated rings. The summed E-state index contributed by atoms with van der Waals surface area (Å²) in [6.07, 6.45) is -7.34. The highest BCUT2D eigenvalue weighted by molar-refractivity contribution is 5.79. The summed E-state index contributed by atoms with van der Waals surface area (Å²) < 4.78 is 38.9. The summed E-state index contributed by atoms with van der Waals surface area (Å²) in [6.45, 7) is -0.886. The number of ether oxygens (including phenoxy) is 1. The van der Waals surface area contributed by atoms with Gasteiger partial charge < -0.3 is 15.8 Å². The molecule has 0 bridgehead atoms. The molecule has 0 rings (SSSR count). The Labute approximate surface area is 71.0 Å². The molecule has 0 aliphatic rings. The number of hydrogen-bond acceptors (Lipinski definition) is 3. The highest BCUT2D eigenvalue weighted by atomic mass is 19.3. The molecule has 76 valence electrons. The molecule has 3 N–H and O–H groups in total. The van der Waals surface area contributed by atoms with Crippen LogP contribution in [0.25, 0.3) is 0 Å². The minimum atomic E-state index is -3.32. The van der Waals surface area contributed by atoms with Crippen molar-refractivity contribution in [2.24, 2.45) is 5.73 Å². The van der Waals surface area contributed by atoms with Crippen molar-refractivity contribution < 1.29 is 27.5 Å². The van der Waals surface area contributed by atoms with Crippen LogP contribution >= 0.6 is 0 Å². The van der Waals surface area contributed by atoms with Crippen molar-refractivity contribution in [1.82, 2.24) is 5.32 Å². The second-order valence-electron chi connectivity index (χ2n) is 1.91. The van der Waals surface area contributed by atoms with E-state index in [1.165, 1.54) is 5.32 Å². The Hall–Kier alpha value is -1.47. The predicted octanol–water partition coefficient (Wildman–Crippen LogP) is -0.241. The van der Waals surface area contributed by atoms with Crippen molar-refractivity contribution in [3.05, 3.63) is 0 Å². The van der Waals surface area contributed by atoms with Crippen LogP contribution in [0.5, 0.6) is 0 Å². The molecule has 0 heterocycles. The van der Waals surface area contributed by atoms with Crippen LogP contribution in [0.15, 0.2) is 0 Å². The van der Waals surface area contributed by atoms with Crippen molar-refractivity contribution in [3.8, 4) is 0 Å². The highest BCUT2D eigenvalue weighted by Gasteiger charge is 2.21. The minimum absolute atomic E-state index is 0.886. The van der Waals surface area contributed by atoms with Crippen LogP contribution in [0.3, 0.4) is 0 Å². The molecular formula is C5H7F3N2O3. The molecule has 0 aromatic carbocycles. The number of nitrogens with one attached hydrogen (secondary N) is 1. The second-order valence-corrected chi connectivity index (χ2v) is 1.91. The van der Waals surface area contributed by atoms with E-state index < -0.39 is 31.3 Å². The molecule has 0 aliphatic heterocycles. The third-order valence-corrected chi connectivity index (χ3v) is 0.866. The number of nitrogens with two attached hydrogens (primary N) is 1. The average molecular weight is 200 g/mol. The number of hydrogen-bond donors (Lipinski definition) is 2. The van der Waals surface area contributed by atoms with Crippen LogP contribution in [-0.4, -0.2) is 31.3 Å². The molecule has 0 aromatic heterocycles. The van der Waals surface area contributed by atoms with Crippen LogP contribution in [0.2, 0.25) is 0 Å². The number of amides is 2. The number of halogens is 3. The van der Waals surface area contributed by atoms with Gasteiger partial charge in [-0.15, -0.1) is 0 Å². The summed E-state index contributed by atoms with van der Waals surface area (Å²) in [4.78, 5) is 20.3. The van der Waals surface area contributed by atoms with Crippen LogP contribution in [-0.2, 0) is 9.53 Å². The van der Waals surface area contributed by atoms with Gasteiger partial charge in [-0.2, -0.15) is 0 Å². The van der Waals surface area contributed by atoms with Gasteiger partial charge in [0, 0.05) is 0 Å². The number of alkyl halides is 3. The molecule has 1 atom stereocenters. The summed E-state index contributed by atoms with van der Waals surface area (Å²) in [5, 5.41) is 1.25. The lowest BCUT2D eigenvalue weighted by molar-refractivity contribution is -0.127. The Bertz CT molecular complexity index is 199. The summed E-state index contributed by atoms with van der Waals surface area (Å²) in [5.74, 6) is -1.19. The van der Waals surface area contributed by atoms with Crippen molar-refractivity contribution >= 4 is 12.0 Å². The zero-order valence-electron chi connectivity index (χ0n) is 6.30. The standard InChI is InChI=1S/C5H7F3N2O3/c6-3(7)4(8)10-2(11)1-13-5(9)12/h3-4H,1H2,(H2,9,12)(H,10,11). The molecule has 5 nitrogen and oxygen atoms in total. The zero-order valence-corrected chi connectivity index (χ0v) is 6.30. The molecule has 0 aliphatic carbocycles. The maximum Gasteiger partial charge on any atom is 0.405 e. The van der Waals surface area contributed by atoms with E-state index in [0.29, 0.717) is 0 Å². The molecular weight excluding hydrogens is 193 g/mol. The molecule has 0 aromatic rings. The fourth-order valence-corrected chi connectivity index (χ4v) is 0.395. The molecule has 0 saturated carbocycles. The van der Waals surface area contributed by atoms with Gasteiger partial charge in [0.2, 0.25) is 6.30 Å². The molecule has 2 amide bonds. The van der Waals surface area contributed by atoms with E-state index in [2.05, 4.69) is 10.5 Å². The fourth-order valence-electron chi connectivity index (χ4n) is 0.395. The lowest BCUT2D eigenvalue weighted by atomic mass is 10.5. The van der Waals surface area contributed by atoms with Gasteiger partial charge >= 0.3 is 6.09 Å². The monoisotopic (exact) mass is 200 g/mol. The zero-order chi connectivity index (χ0) is 10.4. The van der Waals surface area contributed by atoms with Gasteiger partial charge in [-0.1, -0.05) is 0 Å². The fraction of sp³-hybridized carbons (Fsp3) is 0.600. The first kappa shape index (κ1) is 11.5. The maximum absolute atomic E-state index is 12.0. The lowest BCUT2D eigenvalue weighted by Gasteiger charge is -2.08. The number of rotatable bonds is 4. The maximum atomic E-state index is 12.0. The Morgan fingerprint density at radius 1 is 1.38 bits per heavy atom. The summed E-state index contributed by atoms with van der Waals surface area (Å²) in [6, 6.07) is 0. The Morgan fingerprint density at radius 3 is 2.31 bits per heavy atom. The summed E-state index contributed by atoms with van der Waals surface area (Å²) >= 11 is 0. The smallest absolute Gasteiger partial charge is 0.405 e. The van der Waals surface area contributed by atoms with E-state index in [1.807, 2.05) is 0 Å². The van der Waals surface area contributed by atoms with Crippen LogP contribution in [0, 0.1) is 0 Å². The predicted molar refractivity (Wildman–Crippen MR) is 34.6 cm³/mol. The van der Waals surface area contributed by atoms with E-state index in [0.717, 1.165) is 0 Å². The van der Waals surface area contributed by atoms with Gasteiger partial charge in [0.1, 0.15) is 0 Å². The molecule has 1 unspecified atom stereocenters. The van der Waals surface area contributed by atoms with Gasteiger partial charge in [-0.05, 0) is 0 Å². The SMILES string of the molecule is NC(=O)OCC(=O)NC(F)C(F)F. The highest BCUT2D eigenvalue weighted by Crippen LogP contribution is 2.00. The van der Waals surface area contributed by atoms with Gasteiger partial charge in [0.25, 0.3) is 12.3 Å². The summed E-state index contributed by atoms with van der Waals surface area (Å²) in [5.41, 5.74) is 4.45. The van der Waals surface area contributed by atoms with Crippen molar-refractivity contribution in [2.45, 2.75) is 12.7 Å². The molecule has 0 saturated heterocycles. The first-order valence-corrected chi connectivity index (χ1v) is 3.07. The number of carbonyl (C=O) groups excluding carboxylic acids is 2. The van der Waals surface area contributed by atoms with Gasteiger partial charge in [0.15, 0.2) is 6.61 Å². The van der Waals surface area contributed by atoms with Crippen molar-refractivity contribution in [1.29, 1.82) is 0 Å². The quantitative estimate of drug-likeness (QED) is 0.614. The molecule has 0 spiro atoms. The van der Waals surface area contributed by atoms with Crippen LogP contribution in [0.1, 0.15) is 0 Å². The molecule has 0 radical (unpaired) electrons. The topological polar surface area (TPSA) is 81.4 Å². The largest absolute Gasteiger partial charge is 0.440 e. The van der Waals surface area contributed by atoms with Crippen molar-refractivity contribution in [3.63, 3.8) is 0 Å². The normalized spacial score (nSPS) is 12.3. The van der Waals surface area contributed by atoms with Gasteiger partial charge in [0.05, 0.1) is 0 Å². The van der Waals surface area contributed by atoms with E-state index >= 15 is 0 Å². The minimum Gasteiger partial charge on any atom is -0.440 e. The van der Waals surface area contributed by atoms with E-state index in [1.54, 1.807) is 0 Å². The van der Waals surface area contributed by atoms with E-state index in [-0.39, 0.29) is 0 Å². The number of carbonyl (C=O) groups is 2. The first-order chi connectivity index (χ1) is 5.93. The Balaban J connectivity index is 3.68. The number of primary amides is 1. The van der Waals surface area contributed by atoms with Crippen LogP contribution < -0.4 is 11.1 Å². The van der Waals surface area contributed by atoms with Gasteiger partial charge in [-0.3, -0.25) is 4.79 Å². The van der Waals surface area contributed by atoms with E-state index in [9.17, 15) is 22.8 Å². The third kappa shape index (κ3) is 5.76. The molecule has 13 heavy (non-hydrogen) atoms. The first-order valence-electron chi connectivity index (χ1n) is 3.07.